The quantitative estimate of drug-likeness (QED) is 0.627. The van der Waals surface area contributed by atoms with Crippen LogP contribution in [-0.4, -0.2) is 42.1 Å². The van der Waals surface area contributed by atoms with Gasteiger partial charge in [0.15, 0.2) is 5.69 Å². The van der Waals surface area contributed by atoms with Crippen molar-refractivity contribution >= 4 is 23.0 Å². The number of benzene rings is 1. The normalized spacial score (nSPS) is 14.8. The zero-order valence-corrected chi connectivity index (χ0v) is 10.9. The summed E-state index contributed by atoms with van der Waals surface area (Å²) in [7, 11) is 0. The van der Waals surface area contributed by atoms with Crippen LogP contribution in [0.1, 0.15) is 10.4 Å². The van der Waals surface area contributed by atoms with Gasteiger partial charge in [-0.1, -0.05) is 0 Å². The van der Waals surface area contributed by atoms with Crippen molar-refractivity contribution in [2.45, 2.75) is 0 Å². The van der Waals surface area contributed by atoms with E-state index in [2.05, 4.69) is 0 Å². The molecule has 0 bridgehead atoms. The van der Waals surface area contributed by atoms with E-state index in [0.717, 1.165) is 12.1 Å². The minimum atomic E-state index is -0.963. The Morgan fingerprint density at radius 1 is 1.14 bits per heavy atom. The number of anilines is 1. The van der Waals surface area contributed by atoms with Gasteiger partial charge in [0, 0.05) is 25.2 Å². The minimum absolute atomic E-state index is 0.127. The summed E-state index contributed by atoms with van der Waals surface area (Å²) in [5.74, 6) is -0.963. The maximum absolute atomic E-state index is 11.2. The van der Waals surface area contributed by atoms with E-state index < -0.39 is 27.1 Å². The van der Waals surface area contributed by atoms with Crippen LogP contribution in [0.5, 0.6) is 0 Å². The number of nitro benzene ring substituents is 2. The number of hydrogen-bond acceptors (Lipinski definition) is 7. The van der Waals surface area contributed by atoms with Crippen LogP contribution in [-0.2, 0) is 4.74 Å². The largest absolute Gasteiger partial charge is 0.378 e. The Morgan fingerprint density at radius 3 is 2.00 bits per heavy atom. The van der Waals surface area contributed by atoms with Crippen LogP contribution >= 0.6 is 0 Å². The molecule has 2 rings (SSSR count). The maximum atomic E-state index is 11.2. The first-order chi connectivity index (χ1) is 9.91. The summed E-state index contributed by atoms with van der Waals surface area (Å²) < 4.78 is 5.13. The Hall–Kier alpha value is -2.75. The summed E-state index contributed by atoms with van der Waals surface area (Å²) in [6.45, 7) is 1.20. The highest BCUT2D eigenvalue weighted by atomic mass is 16.6. The molecule has 1 amide bonds. The maximum Gasteiger partial charge on any atom is 0.300 e. The molecule has 0 atom stereocenters. The molecule has 0 saturated carbocycles. The van der Waals surface area contributed by atoms with Crippen LogP contribution in [0.3, 0.4) is 0 Å². The lowest BCUT2D eigenvalue weighted by Crippen LogP contribution is -2.37. The van der Waals surface area contributed by atoms with Crippen molar-refractivity contribution in [2.75, 3.05) is 31.2 Å². The zero-order chi connectivity index (χ0) is 15.6. The molecule has 0 radical (unpaired) electrons. The van der Waals surface area contributed by atoms with Gasteiger partial charge in [-0.25, -0.2) is 0 Å². The molecule has 10 heteroatoms. The molecule has 21 heavy (non-hydrogen) atoms. The number of nitrogens with two attached hydrogens (primary N) is 1. The average Bonchev–Trinajstić information content (AvgIpc) is 2.46. The van der Waals surface area contributed by atoms with Crippen LogP contribution in [0, 0.1) is 20.2 Å². The van der Waals surface area contributed by atoms with Crippen LogP contribution < -0.4 is 10.6 Å². The smallest absolute Gasteiger partial charge is 0.300 e. The van der Waals surface area contributed by atoms with Gasteiger partial charge in [-0.2, -0.15) is 0 Å². The number of carbonyl (C=O) groups is 1. The van der Waals surface area contributed by atoms with Gasteiger partial charge in [0.05, 0.1) is 28.6 Å². The molecule has 1 fully saturated rings. The number of morpholine rings is 1. The first-order valence-electron chi connectivity index (χ1n) is 6.01. The third-order valence-electron chi connectivity index (χ3n) is 3.07. The Morgan fingerprint density at radius 2 is 1.62 bits per heavy atom. The van der Waals surface area contributed by atoms with Crippen LogP contribution in [0.4, 0.5) is 17.1 Å². The van der Waals surface area contributed by atoms with Crippen molar-refractivity contribution in [1.82, 2.24) is 0 Å². The predicted molar refractivity (Wildman–Crippen MR) is 71.3 cm³/mol. The van der Waals surface area contributed by atoms with Crippen LogP contribution in [0.2, 0.25) is 0 Å². The molecule has 1 aliphatic rings. The van der Waals surface area contributed by atoms with Gasteiger partial charge in [0.25, 0.3) is 11.4 Å². The number of nitrogens with zero attached hydrogens (tertiary/aromatic N) is 3. The minimum Gasteiger partial charge on any atom is -0.378 e. The summed E-state index contributed by atoms with van der Waals surface area (Å²) in [4.78, 5) is 33.5. The summed E-state index contributed by atoms with van der Waals surface area (Å²) in [5.41, 5.74) is 3.64. The molecule has 0 aliphatic carbocycles. The van der Waals surface area contributed by atoms with E-state index >= 15 is 0 Å². The van der Waals surface area contributed by atoms with E-state index in [4.69, 9.17) is 10.5 Å². The van der Waals surface area contributed by atoms with Crippen molar-refractivity contribution in [1.29, 1.82) is 0 Å². The highest BCUT2D eigenvalue weighted by Crippen LogP contribution is 2.39. The molecule has 0 spiro atoms. The van der Waals surface area contributed by atoms with Gasteiger partial charge in [-0.05, 0) is 0 Å². The summed E-state index contributed by atoms with van der Waals surface area (Å²) in [6, 6.07) is 1.92. The van der Waals surface area contributed by atoms with Crippen molar-refractivity contribution in [2.24, 2.45) is 5.73 Å². The highest BCUT2D eigenvalue weighted by molar-refractivity contribution is 5.96. The third kappa shape index (κ3) is 2.89. The molecular weight excluding hydrogens is 284 g/mol. The summed E-state index contributed by atoms with van der Waals surface area (Å²) >= 11 is 0. The number of primary amides is 1. The molecule has 2 N–H and O–H groups in total. The van der Waals surface area contributed by atoms with Gasteiger partial charge < -0.3 is 15.4 Å². The van der Waals surface area contributed by atoms with Crippen molar-refractivity contribution < 1.29 is 19.4 Å². The Kier molecular flexibility index (Phi) is 3.98. The first kappa shape index (κ1) is 14.7. The molecule has 0 aromatic heterocycles. The second kappa shape index (κ2) is 5.71. The first-order valence-corrected chi connectivity index (χ1v) is 6.01. The van der Waals surface area contributed by atoms with E-state index in [9.17, 15) is 25.0 Å². The molecule has 1 aliphatic heterocycles. The second-order valence-electron chi connectivity index (χ2n) is 4.34. The number of ether oxygens (including phenoxy) is 1. The molecule has 1 saturated heterocycles. The second-order valence-corrected chi connectivity index (χ2v) is 4.34. The fourth-order valence-electron chi connectivity index (χ4n) is 2.14. The van der Waals surface area contributed by atoms with Crippen LogP contribution in [0.25, 0.3) is 0 Å². The molecule has 1 aromatic carbocycles. The fourth-order valence-corrected chi connectivity index (χ4v) is 2.14. The average molecular weight is 296 g/mol. The van der Waals surface area contributed by atoms with Crippen molar-refractivity contribution in [3.05, 3.63) is 37.9 Å². The molecule has 0 unspecified atom stereocenters. The molecule has 10 nitrogen and oxygen atoms in total. The van der Waals surface area contributed by atoms with Gasteiger partial charge in [-0.15, -0.1) is 0 Å². The van der Waals surface area contributed by atoms with Crippen LogP contribution in [0.15, 0.2) is 12.1 Å². The van der Waals surface area contributed by atoms with Gasteiger partial charge in [0.1, 0.15) is 0 Å². The highest BCUT2D eigenvalue weighted by Gasteiger charge is 2.32. The van der Waals surface area contributed by atoms with Crippen molar-refractivity contribution in [3.63, 3.8) is 0 Å². The zero-order valence-electron chi connectivity index (χ0n) is 10.9. The standard InChI is InChI=1S/C11H12N4O6/c12-11(16)7-5-8(14(17)18)10(9(6-7)15(19)20)13-1-3-21-4-2-13/h5-6H,1-4H2,(H2,12,16). The van der Waals surface area contributed by atoms with Crippen molar-refractivity contribution in [3.8, 4) is 0 Å². The Labute approximate surface area is 118 Å². The Bertz CT molecular complexity index is 576. The monoisotopic (exact) mass is 296 g/mol. The number of hydrogen-bond donors (Lipinski definition) is 1. The van der Waals surface area contributed by atoms with Gasteiger partial charge >= 0.3 is 0 Å². The Balaban J connectivity index is 2.66. The number of nitro groups is 2. The van der Waals surface area contributed by atoms with Gasteiger partial charge in [-0.3, -0.25) is 25.0 Å². The lowest BCUT2D eigenvalue weighted by atomic mass is 10.1. The third-order valence-corrected chi connectivity index (χ3v) is 3.07. The molecular formula is C11H12N4O6. The predicted octanol–water partition coefficient (Wildman–Crippen LogP) is 0.438. The number of carbonyl (C=O) groups excluding carboxylic acids is 1. The molecule has 112 valence electrons. The SMILES string of the molecule is NC(=O)c1cc([N+](=O)[O-])c(N2CCOCC2)c([N+](=O)[O-])c1. The summed E-state index contributed by atoms with van der Waals surface area (Å²) in [5, 5.41) is 22.4. The lowest BCUT2D eigenvalue weighted by Gasteiger charge is -2.28. The van der Waals surface area contributed by atoms with E-state index in [1.54, 1.807) is 0 Å². The number of amides is 1. The van der Waals surface area contributed by atoms with E-state index in [-0.39, 0.29) is 24.3 Å². The molecule has 1 heterocycles. The van der Waals surface area contributed by atoms with E-state index in [1.807, 2.05) is 0 Å². The number of rotatable bonds is 4. The van der Waals surface area contributed by atoms with Gasteiger partial charge in [0.2, 0.25) is 5.91 Å². The lowest BCUT2D eigenvalue weighted by molar-refractivity contribution is -0.392. The summed E-state index contributed by atoms with van der Waals surface area (Å²) in [6.07, 6.45) is 0. The van der Waals surface area contributed by atoms with E-state index in [0.29, 0.717) is 13.2 Å². The van der Waals surface area contributed by atoms with E-state index in [1.165, 1.54) is 4.90 Å². The topological polar surface area (TPSA) is 142 Å². The fraction of sp³-hybridized carbons (Fsp3) is 0.364. The molecule has 1 aromatic rings.